The summed E-state index contributed by atoms with van der Waals surface area (Å²) in [4.78, 5) is 12.8. The number of aryl methyl sites for hydroxylation is 1. The molecule has 11 heteroatoms. The van der Waals surface area contributed by atoms with Crippen LogP contribution in [0.25, 0.3) is 0 Å². The van der Waals surface area contributed by atoms with Crippen LogP contribution in [0.5, 0.6) is 0 Å². The normalized spacial score (nSPS) is 14.5. The molecule has 2 N–H and O–H groups in total. The van der Waals surface area contributed by atoms with E-state index in [1.54, 1.807) is 19.1 Å². The Bertz CT molecular complexity index is 1520. The fourth-order valence-electron chi connectivity index (χ4n) is 3.90. The van der Waals surface area contributed by atoms with Crippen molar-refractivity contribution in [2.75, 3.05) is 23.1 Å². The summed E-state index contributed by atoms with van der Waals surface area (Å²) in [6.07, 6.45) is 1.68. The summed E-state index contributed by atoms with van der Waals surface area (Å²) in [5.74, 6) is -0.565. The Morgan fingerprint density at radius 2 is 1.58 bits per heavy atom. The van der Waals surface area contributed by atoms with Crippen molar-refractivity contribution < 1.29 is 21.6 Å². The van der Waals surface area contributed by atoms with E-state index in [4.69, 9.17) is 11.6 Å². The first-order chi connectivity index (χ1) is 17.0. The Morgan fingerprint density at radius 1 is 0.917 bits per heavy atom. The third-order valence-electron chi connectivity index (χ3n) is 6.15. The maximum absolute atomic E-state index is 13.1. The molecule has 0 spiro atoms. The monoisotopic (exact) mass is 547 g/mol. The molecule has 1 fully saturated rings. The maximum Gasteiger partial charge on any atom is 0.263 e. The van der Waals surface area contributed by atoms with Gasteiger partial charge in [-0.1, -0.05) is 23.7 Å². The average Bonchev–Trinajstić information content (AvgIpc) is 3.38. The molecule has 0 bridgehead atoms. The number of nitrogens with one attached hydrogen (secondary N) is 2. The highest BCUT2D eigenvalue weighted by Crippen LogP contribution is 2.28. The van der Waals surface area contributed by atoms with Gasteiger partial charge in [-0.2, -0.15) is 4.31 Å². The van der Waals surface area contributed by atoms with Crippen LogP contribution < -0.4 is 10.0 Å². The lowest BCUT2D eigenvalue weighted by molar-refractivity contribution is 0.102. The van der Waals surface area contributed by atoms with Crippen LogP contribution in [0.1, 0.15) is 34.3 Å². The van der Waals surface area contributed by atoms with E-state index >= 15 is 0 Å². The Balaban J connectivity index is 1.53. The fourth-order valence-corrected chi connectivity index (χ4v) is 7.07. The van der Waals surface area contributed by atoms with Gasteiger partial charge in [0, 0.05) is 24.3 Å². The number of amides is 1. The number of benzene rings is 3. The largest absolute Gasteiger partial charge is 0.322 e. The van der Waals surface area contributed by atoms with Crippen molar-refractivity contribution in [3.05, 3.63) is 82.4 Å². The van der Waals surface area contributed by atoms with E-state index in [1.807, 2.05) is 13.0 Å². The van der Waals surface area contributed by atoms with Crippen LogP contribution in [0.2, 0.25) is 5.02 Å². The van der Waals surface area contributed by atoms with Crippen LogP contribution in [0.4, 0.5) is 11.4 Å². The molecule has 1 heterocycles. The number of carbonyl (C=O) groups is 1. The smallest absolute Gasteiger partial charge is 0.263 e. The van der Waals surface area contributed by atoms with Gasteiger partial charge in [0.2, 0.25) is 10.0 Å². The zero-order valence-corrected chi connectivity index (χ0v) is 22.2. The lowest BCUT2D eigenvalue weighted by atomic mass is 10.1. The lowest BCUT2D eigenvalue weighted by Crippen LogP contribution is -2.27. The van der Waals surface area contributed by atoms with E-state index in [0.717, 1.165) is 24.0 Å². The third-order valence-corrected chi connectivity index (χ3v) is 9.91. The van der Waals surface area contributed by atoms with Crippen molar-refractivity contribution in [1.82, 2.24) is 4.31 Å². The van der Waals surface area contributed by atoms with Gasteiger partial charge in [-0.25, -0.2) is 16.8 Å². The molecule has 4 rings (SSSR count). The molecule has 36 heavy (non-hydrogen) atoms. The van der Waals surface area contributed by atoms with E-state index in [2.05, 4.69) is 10.0 Å². The number of carbonyl (C=O) groups excluding carboxylic acids is 1. The van der Waals surface area contributed by atoms with Crippen LogP contribution in [0.3, 0.4) is 0 Å². The topological polar surface area (TPSA) is 113 Å². The summed E-state index contributed by atoms with van der Waals surface area (Å²) in [6, 6.07) is 15.1. The minimum Gasteiger partial charge on any atom is -0.322 e. The minimum absolute atomic E-state index is 0.0270. The first kappa shape index (κ1) is 26.2. The second kappa shape index (κ2) is 10.2. The number of halogens is 1. The van der Waals surface area contributed by atoms with E-state index in [9.17, 15) is 21.6 Å². The molecule has 0 radical (unpaired) electrons. The molecular weight excluding hydrogens is 522 g/mol. The molecular formula is C25H26ClN3O5S2. The fraction of sp³-hybridized carbons (Fsp3) is 0.240. The zero-order valence-electron chi connectivity index (χ0n) is 19.8. The summed E-state index contributed by atoms with van der Waals surface area (Å²) in [6.45, 7) is 4.68. The molecule has 0 atom stereocenters. The highest BCUT2D eigenvalue weighted by atomic mass is 35.5. The van der Waals surface area contributed by atoms with Gasteiger partial charge in [-0.3, -0.25) is 9.52 Å². The van der Waals surface area contributed by atoms with Crippen LogP contribution in [0, 0.1) is 13.8 Å². The van der Waals surface area contributed by atoms with Crippen LogP contribution in [0.15, 0.2) is 70.5 Å². The highest BCUT2D eigenvalue weighted by molar-refractivity contribution is 7.92. The number of nitrogens with zero attached hydrogens (tertiary/aromatic N) is 1. The van der Waals surface area contributed by atoms with Crippen LogP contribution >= 0.6 is 11.6 Å². The van der Waals surface area contributed by atoms with Crippen LogP contribution in [-0.2, 0) is 20.0 Å². The minimum atomic E-state index is -4.08. The molecule has 0 aliphatic carbocycles. The summed E-state index contributed by atoms with van der Waals surface area (Å²) in [5, 5.41) is 2.64. The van der Waals surface area contributed by atoms with Gasteiger partial charge < -0.3 is 5.32 Å². The summed E-state index contributed by atoms with van der Waals surface area (Å²) >= 11 is 6.19. The second-order valence-electron chi connectivity index (χ2n) is 8.59. The Kier molecular flexibility index (Phi) is 7.42. The average molecular weight is 548 g/mol. The second-order valence-corrected chi connectivity index (χ2v) is 12.6. The van der Waals surface area contributed by atoms with Crippen molar-refractivity contribution in [2.24, 2.45) is 0 Å². The van der Waals surface area contributed by atoms with Crippen molar-refractivity contribution in [1.29, 1.82) is 0 Å². The summed E-state index contributed by atoms with van der Waals surface area (Å²) in [5.41, 5.74) is 2.57. The Hall–Kier alpha value is -2.92. The zero-order chi connectivity index (χ0) is 26.1. The molecule has 1 aliphatic rings. The van der Waals surface area contributed by atoms with Gasteiger partial charge in [0.05, 0.1) is 15.6 Å². The number of hydrogen-bond donors (Lipinski definition) is 2. The van der Waals surface area contributed by atoms with Crippen LogP contribution in [-0.4, -0.2) is 40.1 Å². The first-order valence-electron chi connectivity index (χ1n) is 11.3. The van der Waals surface area contributed by atoms with Gasteiger partial charge in [0.15, 0.2) is 0 Å². The summed E-state index contributed by atoms with van der Waals surface area (Å²) < 4.78 is 55.5. The molecule has 1 amide bonds. The number of rotatable bonds is 7. The van der Waals surface area contributed by atoms with Gasteiger partial charge in [-0.15, -0.1) is 0 Å². The summed E-state index contributed by atoms with van der Waals surface area (Å²) in [7, 11) is -7.64. The van der Waals surface area contributed by atoms with E-state index in [0.29, 0.717) is 24.5 Å². The quantitative estimate of drug-likeness (QED) is 0.441. The van der Waals surface area contributed by atoms with E-state index in [1.165, 1.54) is 46.8 Å². The van der Waals surface area contributed by atoms with Gasteiger partial charge in [-0.05, 0) is 86.3 Å². The number of hydrogen-bond acceptors (Lipinski definition) is 5. The van der Waals surface area contributed by atoms with E-state index in [-0.39, 0.29) is 20.4 Å². The standard InChI is InChI=1S/C25H26ClN3O5S2/c1-17-6-5-7-23(18(17)2)28-35(31,32)24-16-19(8-13-22(24)26)25(30)27-20-9-11-21(12-10-20)36(33,34)29-14-3-4-15-29/h5-13,16,28H,3-4,14-15H2,1-2H3,(H,27,30). The molecule has 8 nitrogen and oxygen atoms in total. The highest BCUT2D eigenvalue weighted by Gasteiger charge is 2.27. The van der Waals surface area contributed by atoms with Crippen molar-refractivity contribution in [3.63, 3.8) is 0 Å². The Labute approximate surface area is 216 Å². The predicted octanol–water partition coefficient (Wildman–Crippen LogP) is 4.79. The molecule has 3 aromatic rings. The Morgan fingerprint density at radius 3 is 2.25 bits per heavy atom. The SMILES string of the molecule is Cc1cccc(NS(=O)(=O)c2cc(C(=O)Nc3ccc(S(=O)(=O)N4CCCC4)cc3)ccc2Cl)c1C. The third kappa shape index (κ3) is 5.41. The predicted molar refractivity (Wildman–Crippen MR) is 141 cm³/mol. The van der Waals surface area contributed by atoms with Gasteiger partial charge >= 0.3 is 0 Å². The molecule has 0 saturated carbocycles. The first-order valence-corrected chi connectivity index (χ1v) is 14.6. The van der Waals surface area contributed by atoms with Crippen molar-refractivity contribution in [2.45, 2.75) is 36.5 Å². The number of sulfonamides is 2. The lowest BCUT2D eigenvalue weighted by Gasteiger charge is -2.16. The molecule has 190 valence electrons. The van der Waals surface area contributed by atoms with Crippen molar-refractivity contribution in [3.8, 4) is 0 Å². The van der Waals surface area contributed by atoms with Gasteiger partial charge in [0.1, 0.15) is 4.90 Å². The number of anilines is 2. The molecule has 1 saturated heterocycles. The molecule has 1 aliphatic heterocycles. The molecule has 3 aromatic carbocycles. The molecule has 0 unspecified atom stereocenters. The maximum atomic E-state index is 13.1. The van der Waals surface area contributed by atoms with Gasteiger partial charge in [0.25, 0.3) is 15.9 Å². The van der Waals surface area contributed by atoms with Crippen molar-refractivity contribution >= 4 is 48.9 Å². The van der Waals surface area contributed by atoms with E-state index < -0.39 is 26.0 Å². The molecule has 0 aromatic heterocycles.